The van der Waals surface area contributed by atoms with Crippen LogP contribution in [0, 0.1) is 5.92 Å². The molecule has 0 bridgehead atoms. The predicted molar refractivity (Wildman–Crippen MR) is 75.4 cm³/mol. The van der Waals surface area contributed by atoms with Gasteiger partial charge < -0.3 is 20.1 Å². The molecule has 0 spiro atoms. The van der Waals surface area contributed by atoms with Crippen molar-refractivity contribution in [2.24, 2.45) is 5.92 Å². The molecule has 1 rings (SSSR count). The lowest BCUT2D eigenvalue weighted by molar-refractivity contribution is -0.148. The fourth-order valence-electron chi connectivity index (χ4n) is 2.21. The van der Waals surface area contributed by atoms with E-state index in [-0.39, 0.29) is 30.9 Å². The molecule has 1 aliphatic rings. The third kappa shape index (κ3) is 7.65. The first kappa shape index (κ1) is 17.4. The lowest BCUT2D eigenvalue weighted by Gasteiger charge is -2.20. The van der Waals surface area contributed by atoms with E-state index < -0.39 is 5.97 Å². The van der Waals surface area contributed by atoms with Crippen LogP contribution in [0.4, 0.5) is 0 Å². The molecule has 7 nitrogen and oxygen atoms in total. The number of hydrogen-bond acceptors (Lipinski definition) is 5. The van der Waals surface area contributed by atoms with E-state index in [0.29, 0.717) is 13.2 Å². The maximum atomic E-state index is 11.8. The van der Waals surface area contributed by atoms with Crippen LogP contribution in [0.1, 0.15) is 32.1 Å². The monoisotopic (exact) mass is 300 g/mol. The molecule has 21 heavy (non-hydrogen) atoms. The van der Waals surface area contributed by atoms with Crippen LogP contribution in [-0.2, 0) is 23.9 Å². The highest BCUT2D eigenvalue weighted by Crippen LogP contribution is 2.23. The number of ether oxygens (including phenoxy) is 2. The van der Waals surface area contributed by atoms with Gasteiger partial charge in [-0.1, -0.05) is 19.3 Å². The molecule has 0 aliphatic heterocycles. The van der Waals surface area contributed by atoms with Crippen molar-refractivity contribution >= 4 is 17.8 Å². The zero-order valence-corrected chi connectivity index (χ0v) is 12.5. The van der Waals surface area contributed by atoms with Gasteiger partial charge in [0.25, 0.3) is 5.91 Å². The third-order valence-electron chi connectivity index (χ3n) is 3.38. The number of methoxy groups -OCH3 is 1. The van der Waals surface area contributed by atoms with E-state index in [1.165, 1.54) is 13.5 Å². The summed E-state index contributed by atoms with van der Waals surface area (Å²) < 4.78 is 9.54. The maximum Gasteiger partial charge on any atom is 0.325 e. The normalized spacial score (nSPS) is 15.3. The van der Waals surface area contributed by atoms with Crippen LogP contribution in [0.3, 0.4) is 0 Å². The standard InChI is InChI=1S/C14H24N2O5/c1-20-8-7-15-12(17)10-21-13(18)9-16-14(19)11-5-3-2-4-6-11/h11H,2-10H2,1H3,(H,15,17)(H,16,19). The molecule has 0 unspecified atom stereocenters. The second kappa shape index (κ2) is 10.1. The Morgan fingerprint density at radius 2 is 1.81 bits per heavy atom. The van der Waals surface area contributed by atoms with Crippen molar-refractivity contribution < 1.29 is 23.9 Å². The number of rotatable bonds is 8. The molecule has 2 N–H and O–H groups in total. The molecule has 0 radical (unpaired) electrons. The van der Waals surface area contributed by atoms with Crippen molar-refractivity contribution in [1.82, 2.24) is 10.6 Å². The van der Waals surface area contributed by atoms with Crippen LogP contribution in [0.15, 0.2) is 0 Å². The van der Waals surface area contributed by atoms with E-state index >= 15 is 0 Å². The van der Waals surface area contributed by atoms with Gasteiger partial charge in [0, 0.05) is 19.6 Å². The third-order valence-corrected chi connectivity index (χ3v) is 3.38. The van der Waals surface area contributed by atoms with Crippen molar-refractivity contribution in [3.63, 3.8) is 0 Å². The lowest BCUT2D eigenvalue weighted by Crippen LogP contribution is -2.37. The van der Waals surface area contributed by atoms with Gasteiger partial charge >= 0.3 is 5.97 Å². The van der Waals surface area contributed by atoms with Gasteiger partial charge in [-0.05, 0) is 12.8 Å². The van der Waals surface area contributed by atoms with Crippen LogP contribution >= 0.6 is 0 Å². The summed E-state index contributed by atoms with van der Waals surface area (Å²) in [4.78, 5) is 34.5. The molecule has 0 atom stereocenters. The Labute approximate surface area is 124 Å². The first-order valence-corrected chi connectivity index (χ1v) is 7.32. The number of esters is 1. The summed E-state index contributed by atoms with van der Waals surface area (Å²) >= 11 is 0. The van der Waals surface area contributed by atoms with Crippen molar-refractivity contribution in [2.45, 2.75) is 32.1 Å². The van der Waals surface area contributed by atoms with Crippen LogP contribution in [-0.4, -0.2) is 51.2 Å². The van der Waals surface area contributed by atoms with Gasteiger partial charge in [0.05, 0.1) is 6.61 Å². The quantitative estimate of drug-likeness (QED) is 0.486. The Morgan fingerprint density at radius 3 is 2.48 bits per heavy atom. The fourth-order valence-corrected chi connectivity index (χ4v) is 2.21. The average Bonchev–Trinajstić information content (AvgIpc) is 2.51. The van der Waals surface area contributed by atoms with Gasteiger partial charge in [-0.25, -0.2) is 0 Å². The van der Waals surface area contributed by atoms with Crippen LogP contribution < -0.4 is 10.6 Å². The van der Waals surface area contributed by atoms with Crippen LogP contribution in [0.5, 0.6) is 0 Å². The Bertz CT molecular complexity index is 353. The summed E-state index contributed by atoms with van der Waals surface area (Å²) in [5, 5.41) is 5.09. The highest BCUT2D eigenvalue weighted by molar-refractivity contribution is 5.85. The SMILES string of the molecule is COCCNC(=O)COC(=O)CNC(=O)C1CCCCC1. The highest BCUT2D eigenvalue weighted by atomic mass is 16.5. The largest absolute Gasteiger partial charge is 0.454 e. The summed E-state index contributed by atoms with van der Waals surface area (Å²) in [5.74, 6) is -1.10. The minimum atomic E-state index is -0.610. The van der Waals surface area contributed by atoms with E-state index in [4.69, 9.17) is 9.47 Å². The maximum absolute atomic E-state index is 11.8. The molecule has 0 saturated heterocycles. The number of amides is 2. The zero-order valence-electron chi connectivity index (χ0n) is 12.5. The molecule has 1 fully saturated rings. The Balaban J connectivity index is 2.10. The second-order valence-corrected chi connectivity index (χ2v) is 5.06. The molecule has 0 aromatic carbocycles. The Kier molecular flexibility index (Phi) is 8.42. The van der Waals surface area contributed by atoms with Gasteiger partial charge in [-0.2, -0.15) is 0 Å². The van der Waals surface area contributed by atoms with Crippen molar-refractivity contribution in [2.75, 3.05) is 33.4 Å². The molecular weight excluding hydrogens is 276 g/mol. The first-order chi connectivity index (χ1) is 10.1. The van der Waals surface area contributed by atoms with Gasteiger partial charge in [0.1, 0.15) is 6.54 Å². The minimum Gasteiger partial charge on any atom is -0.454 e. The lowest BCUT2D eigenvalue weighted by atomic mass is 9.89. The number of hydrogen-bond donors (Lipinski definition) is 2. The topological polar surface area (TPSA) is 93.7 Å². The summed E-state index contributed by atoms with van der Waals surface area (Å²) in [7, 11) is 1.53. The summed E-state index contributed by atoms with van der Waals surface area (Å²) in [6.45, 7) is 0.227. The van der Waals surface area contributed by atoms with Crippen molar-refractivity contribution in [3.8, 4) is 0 Å². The van der Waals surface area contributed by atoms with Crippen LogP contribution in [0.2, 0.25) is 0 Å². The van der Waals surface area contributed by atoms with Gasteiger partial charge in [0.2, 0.25) is 5.91 Å². The number of carbonyl (C=O) groups is 3. The molecular formula is C14H24N2O5. The smallest absolute Gasteiger partial charge is 0.325 e. The van der Waals surface area contributed by atoms with E-state index in [2.05, 4.69) is 10.6 Å². The average molecular weight is 300 g/mol. The van der Waals surface area contributed by atoms with Gasteiger partial charge in [-0.3, -0.25) is 14.4 Å². The number of carbonyl (C=O) groups excluding carboxylic acids is 3. The second-order valence-electron chi connectivity index (χ2n) is 5.06. The summed E-state index contributed by atoms with van der Waals surface area (Å²) in [5.41, 5.74) is 0. The summed E-state index contributed by atoms with van der Waals surface area (Å²) in [6, 6.07) is 0. The first-order valence-electron chi connectivity index (χ1n) is 7.32. The minimum absolute atomic E-state index is 0.00360. The molecule has 0 heterocycles. The predicted octanol–water partition coefficient (Wildman–Crippen LogP) is -0.0113. The van der Waals surface area contributed by atoms with E-state index in [1.54, 1.807) is 0 Å². The Morgan fingerprint density at radius 1 is 1.10 bits per heavy atom. The molecule has 7 heteroatoms. The molecule has 1 aliphatic carbocycles. The van der Waals surface area contributed by atoms with E-state index in [1.807, 2.05) is 0 Å². The summed E-state index contributed by atoms with van der Waals surface area (Å²) in [6.07, 6.45) is 5.05. The van der Waals surface area contributed by atoms with Crippen molar-refractivity contribution in [1.29, 1.82) is 0 Å². The molecule has 120 valence electrons. The van der Waals surface area contributed by atoms with Gasteiger partial charge in [0.15, 0.2) is 6.61 Å². The van der Waals surface area contributed by atoms with E-state index in [9.17, 15) is 14.4 Å². The van der Waals surface area contributed by atoms with Crippen molar-refractivity contribution in [3.05, 3.63) is 0 Å². The zero-order chi connectivity index (χ0) is 15.5. The Hall–Kier alpha value is -1.63. The van der Waals surface area contributed by atoms with Crippen LogP contribution in [0.25, 0.3) is 0 Å². The highest BCUT2D eigenvalue weighted by Gasteiger charge is 2.21. The molecule has 0 aromatic heterocycles. The van der Waals surface area contributed by atoms with Gasteiger partial charge in [-0.15, -0.1) is 0 Å². The molecule has 1 saturated carbocycles. The molecule has 2 amide bonds. The fraction of sp³-hybridized carbons (Fsp3) is 0.786. The van der Waals surface area contributed by atoms with E-state index in [0.717, 1.165) is 25.7 Å². The number of nitrogens with one attached hydrogen (secondary N) is 2. The molecule has 0 aromatic rings.